The molecular weight excluding hydrogens is 321 g/mol. The quantitative estimate of drug-likeness (QED) is 0.845. The Balaban J connectivity index is 2.06. The van der Waals surface area contributed by atoms with Crippen LogP contribution in [0.3, 0.4) is 0 Å². The van der Waals surface area contributed by atoms with Crippen molar-refractivity contribution in [1.29, 1.82) is 0 Å². The monoisotopic (exact) mass is 343 g/mol. The highest BCUT2D eigenvalue weighted by Gasteiger charge is 2.29. The molecule has 4 heteroatoms. The maximum Gasteiger partial charge on any atom is 0.124 e. The van der Waals surface area contributed by atoms with Gasteiger partial charge in [-0.05, 0) is 56.5 Å². The summed E-state index contributed by atoms with van der Waals surface area (Å²) >= 11 is 3.36. The van der Waals surface area contributed by atoms with E-state index in [1.165, 1.54) is 6.07 Å². The Labute approximate surface area is 129 Å². The van der Waals surface area contributed by atoms with Gasteiger partial charge in [0.2, 0.25) is 0 Å². The molecule has 1 aromatic carbocycles. The smallest absolute Gasteiger partial charge is 0.124 e. The van der Waals surface area contributed by atoms with Crippen molar-refractivity contribution in [2.45, 2.75) is 45.3 Å². The molecule has 1 saturated heterocycles. The van der Waals surface area contributed by atoms with Crippen LogP contribution in [-0.2, 0) is 11.2 Å². The lowest BCUT2D eigenvalue weighted by molar-refractivity contribution is 0.117. The first kappa shape index (κ1) is 15.9. The van der Waals surface area contributed by atoms with Gasteiger partial charge in [0, 0.05) is 16.4 Å². The van der Waals surface area contributed by atoms with E-state index < -0.39 is 0 Å². The van der Waals surface area contributed by atoms with Gasteiger partial charge in [0.15, 0.2) is 0 Å². The Hall–Kier alpha value is -0.450. The van der Waals surface area contributed by atoms with Crippen LogP contribution in [0, 0.1) is 11.7 Å². The van der Waals surface area contributed by atoms with Crippen molar-refractivity contribution in [3.8, 4) is 0 Å². The molecule has 0 saturated carbocycles. The number of hydrogen-bond acceptors (Lipinski definition) is 2. The average molecular weight is 344 g/mol. The van der Waals surface area contributed by atoms with Gasteiger partial charge in [0.1, 0.15) is 5.82 Å². The summed E-state index contributed by atoms with van der Waals surface area (Å²) in [6.45, 7) is 6.08. The van der Waals surface area contributed by atoms with Crippen molar-refractivity contribution in [2.24, 2.45) is 5.92 Å². The first-order valence-electron chi connectivity index (χ1n) is 7.38. The summed E-state index contributed by atoms with van der Waals surface area (Å²) in [7, 11) is 0. The maximum atomic E-state index is 13.5. The predicted octanol–water partition coefficient (Wildman–Crippen LogP) is 3.92. The average Bonchev–Trinajstić information content (AvgIpc) is 2.80. The van der Waals surface area contributed by atoms with Gasteiger partial charge in [-0.1, -0.05) is 22.9 Å². The summed E-state index contributed by atoms with van der Waals surface area (Å²) < 4.78 is 20.0. The van der Waals surface area contributed by atoms with E-state index in [2.05, 4.69) is 35.1 Å². The molecule has 1 aliphatic heterocycles. The Kier molecular flexibility index (Phi) is 6.00. The molecular formula is C16H23BrFNO. The Morgan fingerprint density at radius 2 is 2.25 bits per heavy atom. The zero-order valence-electron chi connectivity index (χ0n) is 12.2. The standard InChI is InChI=1S/C16H23BrFNO/c1-3-4-19-16(13-5-11(2)20-10-13)8-12-6-14(17)9-15(18)7-12/h6-7,9,11,13,16,19H,3-5,8,10H2,1-2H3. The van der Waals surface area contributed by atoms with Crippen LogP contribution in [0.1, 0.15) is 32.3 Å². The van der Waals surface area contributed by atoms with Gasteiger partial charge >= 0.3 is 0 Å². The first-order chi connectivity index (χ1) is 9.58. The number of hydrogen-bond donors (Lipinski definition) is 1. The summed E-state index contributed by atoms with van der Waals surface area (Å²) in [4.78, 5) is 0. The minimum absolute atomic E-state index is 0.181. The molecule has 2 nitrogen and oxygen atoms in total. The Morgan fingerprint density at radius 3 is 2.85 bits per heavy atom. The van der Waals surface area contributed by atoms with Crippen molar-refractivity contribution in [3.05, 3.63) is 34.1 Å². The molecule has 1 N–H and O–H groups in total. The Morgan fingerprint density at radius 1 is 1.45 bits per heavy atom. The summed E-state index contributed by atoms with van der Waals surface area (Å²) in [5.41, 5.74) is 1.03. The molecule has 2 rings (SSSR count). The van der Waals surface area contributed by atoms with Gasteiger partial charge in [-0.2, -0.15) is 0 Å². The zero-order valence-corrected chi connectivity index (χ0v) is 13.7. The van der Waals surface area contributed by atoms with Crippen LogP contribution >= 0.6 is 15.9 Å². The molecule has 1 aliphatic rings. The third kappa shape index (κ3) is 4.54. The number of nitrogens with one attached hydrogen (secondary N) is 1. The van der Waals surface area contributed by atoms with Crippen LogP contribution in [-0.4, -0.2) is 25.3 Å². The zero-order chi connectivity index (χ0) is 14.5. The normalized spacial score (nSPS) is 24.0. The molecule has 3 atom stereocenters. The number of benzene rings is 1. The third-order valence-electron chi connectivity index (χ3n) is 3.83. The van der Waals surface area contributed by atoms with E-state index in [9.17, 15) is 4.39 Å². The van der Waals surface area contributed by atoms with Crippen LogP contribution in [0.5, 0.6) is 0 Å². The van der Waals surface area contributed by atoms with Crippen LogP contribution < -0.4 is 5.32 Å². The summed E-state index contributed by atoms with van der Waals surface area (Å²) in [6.07, 6.45) is 3.37. The molecule has 0 aromatic heterocycles. The third-order valence-corrected chi connectivity index (χ3v) is 4.29. The molecule has 1 aromatic rings. The Bertz CT molecular complexity index is 420. The van der Waals surface area contributed by atoms with Crippen molar-refractivity contribution in [3.63, 3.8) is 0 Å². The fourth-order valence-electron chi connectivity index (χ4n) is 2.85. The molecule has 112 valence electrons. The lowest BCUT2D eigenvalue weighted by Crippen LogP contribution is -2.39. The van der Waals surface area contributed by atoms with Crippen LogP contribution in [0.15, 0.2) is 22.7 Å². The van der Waals surface area contributed by atoms with Gasteiger partial charge in [-0.3, -0.25) is 0 Å². The lowest BCUT2D eigenvalue weighted by Gasteiger charge is -2.24. The second-order valence-corrected chi connectivity index (χ2v) is 6.60. The first-order valence-corrected chi connectivity index (χ1v) is 8.17. The molecule has 0 bridgehead atoms. The summed E-state index contributed by atoms with van der Waals surface area (Å²) in [5, 5.41) is 3.60. The minimum Gasteiger partial charge on any atom is -0.378 e. The van der Waals surface area contributed by atoms with E-state index in [1.807, 2.05) is 6.07 Å². The topological polar surface area (TPSA) is 21.3 Å². The molecule has 0 amide bonds. The molecule has 0 radical (unpaired) electrons. The van der Waals surface area contributed by atoms with E-state index in [4.69, 9.17) is 4.74 Å². The van der Waals surface area contributed by atoms with Gasteiger partial charge < -0.3 is 10.1 Å². The molecule has 0 spiro atoms. The lowest BCUT2D eigenvalue weighted by atomic mass is 9.91. The largest absolute Gasteiger partial charge is 0.378 e. The molecule has 3 unspecified atom stereocenters. The number of halogens is 2. The summed E-state index contributed by atoms with van der Waals surface area (Å²) in [5.74, 6) is 0.332. The molecule has 20 heavy (non-hydrogen) atoms. The molecule has 1 heterocycles. The van der Waals surface area contributed by atoms with E-state index in [-0.39, 0.29) is 5.82 Å². The maximum absolute atomic E-state index is 13.5. The van der Waals surface area contributed by atoms with E-state index >= 15 is 0 Å². The minimum atomic E-state index is -0.181. The van der Waals surface area contributed by atoms with E-state index in [0.29, 0.717) is 18.1 Å². The SMILES string of the molecule is CCCNC(Cc1cc(F)cc(Br)c1)C1COC(C)C1. The highest BCUT2D eigenvalue weighted by molar-refractivity contribution is 9.10. The fourth-order valence-corrected chi connectivity index (χ4v) is 3.36. The van der Waals surface area contributed by atoms with Gasteiger partial charge in [0.25, 0.3) is 0 Å². The van der Waals surface area contributed by atoms with Gasteiger partial charge in [0.05, 0.1) is 12.7 Å². The highest BCUT2D eigenvalue weighted by Crippen LogP contribution is 2.25. The molecule has 0 aliphatic carbocycles. The summed E-state index contributed by atoms with van der Waals surface area (Å²) in [6, 6.07) is 5.49. The van der Waals surface area contributed by atoms with E-state index in [0.717, 1.165) is 42.5 Å². The second kappa shape index (κ2) is 7.53. The number of rotatable bonds is 6. The van der Waals surface area contributed by atoms with Crippen LogP contribution in [0.4, 0.5) is 4.39 Å². The van der Waals surface area contributed by atoms with E-state index in [1.54, 1.807) is 6.07 Å². The second-order valence-electron chi connectivity index (χ2n) is 5.68. The van der Waals surface area contributed by atoms with Crippen molar-refractivity contribution >= 4 is 15.9 Å². The van der Waals surface area contributed by atoms with Crippen LogP contribution in [0.25, 0.3) is 0 Å². The van der Waals surface area contributed by atoms with Crippen molar-refractivity contribution in [1.82, 2.24) is 5.32 Å². The number of ether oxygens (including phenoxy) is 1. The van der Waals surface area contributed by atoms with Crippen molar-refractivity contribution < 1.29 is 9.13 Å². The predicted molar refractivity (Wildman–Crippen MR) is 83.4 cm³/mol. The fraction of sp³-hybridized carbons (Fsp3) is 0.625. The van der Waals surface area contributed by atoms with Crippen molar-refractivity contribution in [2.75, 3.05) is 13.2 Å². The van der Waals surface area contributed by atoms with Gasteiger partial charge in [-0.15, -0.1) is 0 Å². The van der Waals surface area contributed by atoms with Crippen LogP contribution in [0.2, 0.25) is 0 Å². The molecule has 1 fully saturated rings. The van der Waals surface area contributed by atoms with Gasteiger partial charge in [-0.25, -0.2) is 4.39 Å². The highest BCUT2D eigenvalue weighted by atomic mass is 79.9.